The van der Waals surface area contributed by atoms with E-state index >= 15 is 0 Å². The second kappa shape index (κ2) is 48.5. The predicted octanol–water partition coefficient (Wildman–Crippen LogP) is -22.4. The summed E-state index contributed by atoms with van der Waals surface area (Å²) < 4.78 is 114. The number of nitrogens with two attached hydrogens (primary N) is 5. The molecule has 0 spiro atoms. The Bertz CT molecular complexity index is 6280. The molecule has 0 radical (unpaired) electrons. The summed E-state index contributed by atoms with van der Waals surface area (Å²) in [6.45, 7) is -26.2. The van der Waals surface area contributed by atoms with Crippen molar-refractivity contribution in [2.75, 3.05) is 68.3 Å². The third kappa shape index (κ3) is 30.1. The molecule has 6 aliphatic heterocycles. The molecule has 14 heterocycles. The van der Waals surface area contributed by atoms with Gasteiger partial charge < -0.3 is 146 Å². The Morgan fingerprint density at radius 1 is 0.414 bits per heavy atom. The van der Waals surface area contributed by atoms with Crippen LogP contribution in [0.3, 0.4) is 0 Å². The van der Waals surface area contributed by atoms with Crippen LogP contribution in [-0.4, -0.2) is 201 Å². The van der Waals surface area contributed by atoms with Crippen LogP contribution < -0.4 is 275 Å². The standard InChI is InChI=1S/C62H85N21O32P6S6.6Na/c1-26-16-80(60(90)72-50(26)65)44-13-30(36(106-44)21-100-118(94,124)112-31-14-45(81-17-27(2)53(85)77-61(81)91)107-37(31)20-98-116(92,122)109-28-10-46(103-34(28)18-84)82-24-68-48-51(82)73-56(66)75-54(48)86)111-119(95,125)101-22-38-32(15-47(108-38)83-25-69-49-52(83)74-57(67)76-55(49)87)113-120(96,126)99-19-35-29(11-42(104-35)78-8-6-40(63)70-58(78)88)110-117(93,123)102-23-39-33(114-121(97,127)115-62(3,4)5)12-43(105-39)79-9-7-41(64)71-59(79)89;;;;;;/h6-9,16-17,24-25,28-39,42-47,84H,10-15,18-23H2,1-5H3,(H,92,122)(H,93,123)(H,94,124)(H,95,125)(H,96,126)(H,97,127)(H2,63,70,88)(H2,64,71,89)(H2,65,72,90)(H,77,85,91)(H3,66,73,75,86)(H3,67,74,76,87);;;;;;/q;6*+1/p-6/t28?,29?,30?,31?,32?,33?,34-,35-,36-,37-,38-,39-,42-,43-,44-,45-,46-,47-,116?,117?,118?,119?,120?,121?;;;;;;/m1....../s1. The summed E-state index contributed by atoms with van der Waals surface area (Å²) >= 11 is 32.4. The molecule has 0 bridgehead atoms. The first kappa shape index (κ1) is 118. The van der Waals surface area contributed by atoms with Crippen molar-refractivity contribution in [2.24, 2.45) is 0 Å². The number of fused-ring (bicyclic) bond motifs is 2. The number of aliphatic hydroxyl groups is 1. The maximum Gasteiger partial charge on any atom is 1.00 e. The van der Waals surface area contributed by atoms with Gasteiger partial charge in [-0.05, 0) is 46.8 Å². The van der Waals surface area contributed by atoms with Gasteiger partial charge in [0.2, 0.25) is 11.9 Å². The number of aliphatic hydroxyl groups excluding tert-OH is 1. The van der Waals surface area contributed by atoms with E-state index in [1.165, 1.54) is 60.0 Å². The average Bonchev–Trinajstić information content (AvgIpc) is 1.63. The molecule has 133 heavy (non-hydrogen) atoms. The summed E-state index contributed by atoms with van der Waals surface area (Å²) in [4.78, 5) is 212. The van der Waals surface area contributed by atoms with Crippen molar-refractivity contribution in [3.8, 4) is 0 Å². The van der Waals surface area contributed by atoms with E-state index in [9.17, 15) is 68.0 Å². The topological polar surface area (TPSA) is 742 Å². The van der Waals surface area contributed by atoms with Gasteiger partial charge in [0.1, 0.15) is 132 Å². The van der Waals surface area contributed by atoms with Crippen molar-refractivity contribution in [2.45, 2.75) is 189 Å². The number of hydrogen-bond donors (Lipinski definition) is 9. The molecule has 71 heteroatoms. The van der Waals surface area contributed by atoms with Crippen molar-refractivity contribution in [1.29, 1.82) is 0 Å². The molecule has 14 N–H and O–H groups in total. The van der Waals surface area contributed by atoms with E-state index in [-0.39, 0.29) is 259 Å². The molecule has 14 rings (SSSR count). The normalized spacial score (nSPS) is 28.0. The van der Waals surface area contributed by atoms with Gasteiger partial charge in [0.15, 0.2) is 22.3 Å². The fraction of sp³-hybridized carbons (Fsp3) is 0.581. The summed E-state index contributed by atoms with van der Waals surface area (Å²) in [6.07, 6.45) is -19.8. The smallest absolute Gasteiger partial charge is 0.780 e. The maximum absolute atomic E-state index is 14.9. The Balaban J connectivity index is 0.00000363. The Labute approximate surface area is 914 Å². The van der Waals surface area contributed by atoms with Gasteiger partial charge in [-0.15, -0.1) is 0 Å². The number of imidazole rings is 2. The third-order valence-electron chi connectivity index (χ3n) is 20.0. The number of rotatable bonds is 35. The van der Waals surface area contributed by atoms with Crippen LogP contribution in [0, 0.1) is 13.8 Å². The molecule has 24 atom stereocenters. The van der Waals surface area contributed by atoms with Crippen molar-refractivity contribution < 1.29 is 295 Å². The minimum absolute atomic E-state index is 0. The number of anilines is 5. The van der Waals surface area contributed by atoms with Gasteiger partial charge in [-0.25, -0.2) is 29.1 Å². The van der Waals surface area contributed by atoms with Gasteiger partial charge in [0.25, 0.3) is 16.7 Å². The zero-order chi connectivity index (χ0) is 91.7. The second-order valence-corrected chi connectivity index (χ2v) is 46.4. The maximum atomic E-state index is 14.9. The fourth-order valence-electron chi connectivity index (χ4n) is 14.3. The zero-order valence-electron chi connectivity index (χ0n) is 72.4. The van der Waals surface area contributed by atoms with Crippen LogP contribution in [-0.2, 0) is 154 Å². The number of aromatic amines is 3. The second-order valence-electron chi connectivity index (χ2n) is 30.2. The molecule has 0 aliphatic carbocycles. The van der Waals surface area contributed by atoms with Gasteiger partial charge in [-0.2, -0.15) is 24.9 Å². The van der Waals surface area contributed by atoms with Gasteiger partial charge in [0.05, 0.1) is 94.5 Å². The number of hydrogen-bond acceptors (Lipinski definition) is 50. The van der Waals surface area contributed by atoms with Crippen LogP contribution in [0.4, 0.5) is 29.4 Å². The summed E-state index contributed by atoms with van der Waals surface area (Å²) in [6, 6.07) is 2.57. The van der Waals surface area contributed by atoms with Gasteiger partial charge in [-0.3, -0.25) is 56.7 Å². The van der Waals surface area contributed by atoms with Gasteiger partial charge in [-0.1, -0.05) is 70.8 Å². The van der Waals surface area contributed by atoms with E-state index in [0.717, 1.165) is 30.8 Å². The van der Waals surface area contributed by atoms with E-state index in [1.807, 2.05) is 0 Å². The molecule has 0 amide bonds. The van der Waals surface area contributed by atoms with Crippen molar-refractivity contribution in [1.82, 2.24) is 77.2 Å². The molecule has 6 aliphatic rings. The molecular formula is C62H79N21Na6O32P6S6. The monoisotopic (exact) mass is 2150 g/mol. The van der Waals surface area contributed by atoms with E-state index in [2.05, 4.69) is 49.8 Å². The molecule has 53 nitrogen and oxygen atoms in total. The first-order chi connectivity index (χ1) is 59.5. The fourth-order valence-corrected chi connectivity index (χ4v) is 23.9. The summed E-state index contributed by atoms with van der Waals surface area (Å²) in [7, 11) is 0. The minimum atomic E-state index is -5.01. The van der Waals surface area contributed by atoms with Crippen LogP contribution >= 0.6 is 40.3 Å². The Kier molecular flexibility index (Phi) is 43.1. The first-order valence-electron chi connectivity index (χ1n) is 37.8. The van der Waals surface area contributed by atoms with Crippen molar-refractivity contribution >= 4 is 163 Å². The third-order valence-corrected chi connectivity index (χ3v) is 29.6. The molecule has 8 aromatic rings. The largest absolute Gasteiger partial charge is 1.00 e. The summed E-state index contributed by atoms with van der Waals surface area (Å²) in [5, 5.41) is 10.3. The number of nitrogen functional groups attached to an aromatic ring is 5. The van der Waals surface area contributed by atoms with E-state index in [1.54, 1.807) is 20.8 Å². The SMILES string of the molecule is Cc1cn([C@H]2CC(OP([O-])(=S)OC[C@H]3O[C@@H](n4cnc5c(=O)[nH]c(N)nc54)CC3OP([O-])(=S)OC[C@H]3O[C@@H](n4ccc(N)nc4=O)CC3OP([O-])(=S)OC[C@H]3O[C@@H](n4ccc(N)nc4=O)CC3OP([O-])(=S)OC(C)(C)C)[C@@H](COP([O-])(=S)OC3C[C@H](n4cc(C)c(=O)[nH]c4=O)O[C@@H]3COP([O-])(=S)OC3C[C@H](n4cnc5c(=O)[nH]c(N)nc54)O[C@@H]3CO)O2)c(=O)nc1N.[Na+].[Na+].[Na+].[Na+].[Na+].[Na+]. The number of aryl methyl sites for hydroxylation is 2. The number of nitrogens with one attached hydrogen (secondary N) is 3. The summed E-state index contributed by atoms with van der Waals surface area (Å²) in [5.74, 6) is -1.02. The average molecular weight is 2150 g/mol. The molecule has 12 unspecified atom stereocenters. The number of nitrogens with zero attached hydrogens (tertiary/aromatic N) is 13. The van der Waals surface area contributed by atoms with E-state index in [4.69, 9.17) is 182 Å². The van der Waals surface area contributed by atoms with E-state index in [0.29, 0.717) is 0 Å². The number of ether oxygens (including phenoxy) is 6. The van der Waals surface area contributed by atoms with Crippen molar-refractivity contribution in [3.05, 3.63) is 134 Å². The van der Waals surface area contributed by atoms with Gasteiger partial charge in [0, 0.05) is 74.4 Å². The van der Waals surface area contributed by atoms with E-state index < -0.39 is 255 Å². The van der Waals surface area contributed by atoms with Crippen LogP contribution in [0.2, 0.25) is 0 Å². The Morgan fingerprint density at radius 3 is 1.04 bits per heavy atom. The molecule has 0 aromatic carbocycles. The van der Waals surface area contributed by atoms with Crippen LogP contribution in [0.5, 0.6) is 0 Å². The Morgan fingerprint density at radius 2 is 0.707 bits per heavy atom. The Hall–Kier alpha value is -0.0800. The molecule has 0 saturated carbocycles. The summed E-state index contributed by atoms with van der Waals surface area (Å²) in [5.41, 5.74) is 22.2. The van der Waals surface area contributed by atoms with Crippen LogP contribution in [0.15, 0.2) is 83.1 Å². The molecule has 696 valence electrons. The predicted molar refractivity (Wildman–Crippen MR) is 448 cm³/mol. The first-order valence-corrected chi connectivity index (χ1v) is 53.1. The van der Waals surface area contributed by atoms with Crippen LogP contribution in [0.1, 0.15) is 108 Å². The molecule has 6 fully saturated rings. The van der Waals surface area contributed by atoms with Crippen LogP contribution in [0.25, 0.3) is 22.3 Å². The van der Waals surface area contributed by atoms with Crippen molar-refractivity contribution in [3.63, 3.8) is 0 Å². The van der Waals surface area contributed by atoms with Gasteiger partial charge >= 0.3 is 200 Å². The number of aromatic nitrogens is 16. The molecule has 6 saturated heterocycles. The zero-order valence-corrected chi connectivity index (χ0v) is 94.7. The quantitative estimate of drug-likeness (QED) is 0.0132. The molecular weight excluding hydrogens is 2070 g/mol. The minimum Gasteiger partial charge on any atom is -0.780 e. The number of H-pyrrole nitrogens is 3. The molecule has 8 aromatic heterocycles.